The van der Waals surface area contributed by atoms with E-state index in [1.807, 2.05) is 18.2 Å². The second-order valence-corrected chi connectivity index (χ2v) is 8.12. The SMILES string of the molecule is O=C(Cc1ccc(Br)cc1Cl)c1cc(Br)c(Br)s1. The number of halogens is 4. The van der Waals surface area contributed by atoms with E-state index < -0.39 is 0 Å². The molecular formula is C12H6Br3ClOS. The molecule has 94 valence electrons. The van der Waals surface area contributed by atoms with Gasteiger partial charge in [-0.3, -0.25) is 4.79 Å². The van der Waals surface area contributed by atoms with Gasteiger partial charge in [-0.1, -0.05) is 33.6 Å². The average Bonchev–Trinajstić information content (AvgIpc) is 2.63. The molecule has 1 heterocycles. The van der Waals surface area contributed by atoms with E-state index in [-0.39, 0.29) is 5.78 Å². The first-order chi connectivity index (χ1) is 8.47. The van der Waals surface area contributed by atoms with E-state index in [4.69, 9.17) is 11.6 Å². The molecule has 6 heteroatoms. The number of ketones is 1. The molecule has 0 saturated heterocycles. The Labute approximate surface area is 139 Å². The molecule has 0 bridgehead atoms. The number of benzene rings is 1. The maximum absolute atomic E-state index is 12.1. The number of hydrogen-bond donors (Lipinski definition) is 0. The van der Waals surface area contributed by atoms with Crippen molar-refractivity contribution in [2.24, 2.45) is 0 Å². The summed E-state index contributed by atoms with van der Waals surface area (Å²) in [7, 11) is 0. The lowest BCUT2D eigenvalue weighted by atomic mass is 10.1. The van der Waals surface area contributed by atoms with Crippen LogP contribution in [0.1, 0.15) is 15.2 Å². The van der Waals surface area contributed by atoms with E-state index in [9.17, 15) is 4.79 Å². The Morgan fingerprint density at radius 2 is 1.94 bits per heavy atom. The number of thiophene rings is 1. The van der Waals surface area contributed by atoms with Gasteiger partial charge in [0.1, 0.15) is 0 Å². The average molecular weight is 473 g/mol. The first-order valence-electron chi connectivity index (χ1n) is 4.89. The molecule has 2 aromatic rings. The van der Waals surface area contributed by atoms with Gasteiger partial charge in [-0.05, 0) is 55.6 Å². The van der Waals surface area contributed by atoms with E-state index in [0.717, 1.165) is 18.3 Å². The van der Waals surface area contributed by atoms with Gasteiger partial charge in [-0.15, -0.1) is 11.3 Å². The lowest BCUT2D eigenvalue weighted by Gasteiger charge is -2.03. The van der Waals surface area contributed by atoms with Gasteiger partial charge >= 0.3 is 0 Å². The Balaban J connectivity index is 2.21. The molecule has 0 aliphatic heterocycles. The van der Waals surface area contributed by atoms with Crippen molar-refractivity contribution in [1.82, 2.24) is 0 Å². The molecule has 0 fully saturated rings. The van der Waals surface area contributed by atoms with Crippen LogP contribution in [0, 0.1) is 0 Å². The van der Waals surface area contributed by atoms with Crippen LogP contribution in [0.5, 0.6) is 0 Å². The van der Waals surface area contributed by atoms with Gasteiger partial charge in [-0.2, -0.15) is 0 Å². The van der Waals surface area contributed by atoms with Gasteiger partial charge in [0.25, 0.3) is 0 Å². The zero-order chi connectivity index (χ0) is 13.3. The molecule has 1 aromatic heterocycles. The highest BCUT2D eigenvalue weighted by Gasteiger charge is 2.14. The normalized spacial score (nSPS) is 10.7. The Morgan fingerprint density at radius 1 is 1.22 bits per heavy atom. The highest BCUT2D eigenvalue weighted by atomic mass is 79.9. The van der Waals surface area contributed by atoms with E-state index in [1.165, 1.54) is 11.3 Å². The summed E-state index contributed by atoms with van der Waals surface area (Å²) in [5.74, 6) is 0.0654. The standard InChI is InChI=1S/C12H6Br3ClOS/c13-7-2-1-6(9(16)4-7)3-10(17)11-5-8(14)12(15)18-11/h1-2,4-5H,3H2. The fourth-order valence-electron chi connectivity index (χ4n) is 1.41. The quantitative estimate of drug-likeness (QED) is 0.492. The molecule has 0 radical (unpaired) electrons. The van der Waals surface area contributed by atoms with Crippen molar-refractivity contribution in [1.29, 1.82) is 0 Å². The van der Waals surface area contributed by atoms with Crippen molar-refractivity contribution in [3.63, 3.8) is 0 Å². The fourth-order valence-corrected chi connectivity index (χ4v) is 4.12. The molecule has 1 aromatic carbocycles. The Hall–Kier alpha value is 0.320. The van der Waals surface area contributed by atoms with Crippen LogP contribution < -0.4 is 0 Å². The second kappa shape index (κ2) is 6.18. The summed E-state index contributed by atoms with van der Waals surface area (Å²) in [4.78, 5) is 12.8. The van der Waals surface area contributed by atoms with Crippen LogP contribution in [0.25, 0.3) is 0 Å². The summed E-state index contributed by atoms with van der Waals surface area (Å²) in [5, 5.41) is 0.604. The van der Waals surface area contributed by atoms with Crippen LogP contribution in [0.2, 0.25) is 5.02 Å². The smallest absolute Gasteiger partial charge is 0.177 e. The maximum Gasteiger partial charge on any atom is 0.177 e. The van der Waals surface area contributed by atoms with Gasteiger partial charge < -0.3 is 0 Å². The Bertz CT molecular complexity index is 590. The number of carbonyl (C=O) groups excluding carboxylic acids is 1. The predicted octanol–water partition coefficient (Wildman–Crippen LogP) is 6.11. The van der Waals surface area contributed by atoms with Gasteiger partial charge in [0.15, 0.2) is 5.78 Å². The van der Waals surface area contributed by atoms with Crippen molar-refractivity contribution in [2.45, 2.75) is 6.42 Å². The van der Waals surface area contributed by atoms with Crippen molar-refractivity contribution in [3.05, 3.63) is 52.5 Å². The lowest BCUT2D eigenvalue weighted by Crippen LogP contribution is -2.01. The van der Waals surface area contributed by atoms with Gasteiger partial charge in [0.2, 0.25) is 0 Å². The molecule has 0 N–H and O–H groups in total. The summed E-state index contributed by atoms with van der Waals surface area (Å²) < 4.78 is 2.73. The number of carbonyl (C=O) groups is 1. The molecule has 0 saturated carbocycles. The molecular weight excluding hydrogens is 467 g/mol. The minimum absolute atomic E-state index is 0.0654. The molecule has 0 aliphatic rings. The fraction of sp³-hybridized carbons (Fsp3) is 0.0833. The summed E-state index contributed by atoms with van der Waals surface area (Å²) in [6, 6.07) is 7.37. The topological polar surface area (TPSA) is 17.1 Å². The molecule has 0 unspecified atom stereocenters. The molecule has 0 atom stereocenters. The van der Waals surface area contributed by atoms with Gasteiger partial charge in [-0.25, -0.2) is 0 Å². The number of Topliss-reactive ketones (excluding diaryl/α,β-unsaturated/α-hetero) is 1. The number of hydrogen-bond acceptors (Lipinski definition) is 2. The van der Waals surface area contributed by atoms with Crippen LogP contribution in [0.3, 0.4) is 0 Å². The molecule has 0 spiro atoms. The maximum atomic E-state index is 12.1. The second-order valence-electron chi connectivity index (χ2n) is 3.57. The summed E-state index contributed by atoms with van der Waals surface area (Å²) in [6.07, 6.45) is 0.311. The van der Waals surface area contributed by atoms with Crippen molar-refractivity contribution < 1.29 is 4.79 Å². The van der Waals surface area contributed by atoms with E-state index in [2.05, 4.69) is 47.8 Å². The van der Waals surface area contributed by atoms with Crippen LogP contribution in [-0.2, 0) is 6.42 Å². The van der Waals surface area contributed by atoms with Crippen molar-refractivity contribution in [3.8, 4) is 0 Å². The summed E-state index contributed by atoms with van der Waals surface area (Å²) in [6.45, 7) is 0. The van der Waals surface area contributed by atoms with Crippen molar-refractivity contribution >= 4 is 76.5 Å². The van der Waals surface area contributed by atoms with Crippen molar-refractivity contribution in [2.75, 3.05) is 0 Å². The molecule has 2 rings (SSSR count). The first-order valence-corrected chi connectivity index (χ1v) is 8.46. The third-order valence-corrected chi connectivity index (χ3v) is 6.43. The van der Waals surface area contributed by atoms with E-state index in [0.29, 0.717) is 16.3 Å². The van der Waals surface area contributed by atoms with Gasteiger partial charge in [0, 0.05) is 20.4 Å². The zero-order valence-electron chi connectivity index (χ0n) is 8.84. The summed E-state index contributed by atoms with van der Waals surface area (Å²) >= 11 is 17.6. The van der Waals surface area contributed by atoms with Crippen LogP contribution >= 0.6 is 70.7 Å². The molecule has 0 amide bonds. The highest BCUT2D eigenvalue weighted by molar-refractivity contribution is 9.13. The molecule has 1 nitrogen and oxygen atoms in total. The minimum atomic E-state index is 0.0654. The monoisotopic (exact) mass is 470 g/mol. The Kier molecular flexibility index (Phi) is 5.06. The van der Waals surface area contributed by atoms with Gasteiger partial charge in [0.05, 0.1) is 8.66 Å². The molecule has 18 heavy (non-hydrogen) atoms. The summed E-state index contributed by atoms with van der Waals surface area (Å²) in [5.41, 5.74) is 0.838. The number of rotatable bonds is 3. The lowest BCUT2D eigenvalue weighted by molar-refractivity contribution is 0.0997. The predicted molar refractivity (Wildman–Crippen MR) is 86.9 cm³/mol. The van der Waals surface area contributed by atoms with E-state index in [1.54, 1.807) is 6.07 Å². The third kappa shape index (κ3) is 3.45. The zero-order valence-corrected chi connectivity index (χ0v) is 15.2. The van der Waals surface area contributed by atoms with Crippen LogP contribution in [-0.4, -0.2) is 5.78 Å². The van der Waals surface area contributed by atoms with Crippen LogP contribution in [0.4, 0.5) is 0 Å². The largest absolute Gasteiger partial charge is 0.293 e. The van der Waals surface area contributed by atoms with E-state index >= 15 is 0 Å². The highest BCUT2D eigenvalue weighted by Crippen LogP contribution is 2.33. The Morgan fingerprint density at radius 3 is 2.50 bits per heavy atom. The van der Waals surface area contributed by atoms with Crippen LogP contribution in [0.15, 0.2) is 37.0 Å². The minimum Gasteiger partial charge on any atom is -0.293 e. The third-order valence-electron chi connectivity index (χ3n) is 2.29. The first kappa shape index (κ1) is 14.7. The molecule has 0 aliphatic carbocycles.